The molecule has 0 fully saturated rings. The van der Waals surface area contributed by atoms with E-state index in [-0.39, 0.29) is 29.4 Å². The molecule has 28 heavy (non-hydrogen) atoms. The predicted octanol–water partition coefficient (Wildman–Crippen LogP) is 5.57. The van der Waals surface area contributed by atoms with Crippen LogP contribution in [0.15, 0.2) is 58.3 Å². The molecule has 0 spiro atoms. The lowest BCUT2D eigenvalue weighted by atomic mass is 9.70. The van der Waals surface area contributed by atoms with Crippen LogP contribution in [0.25, 0.3) is 0 Å². The van der Waals surface area contributed by atoms with Crippen molar-refractivity contribution in [3.8, 4) is 0 Å². The molecular formula is C24H27NO3. The third-order valence-corrected chi connectivity index (χ3v) is 5.85. The van der Waals surface area contributed by atoms with Crippen molar-refractivity contribution >= 4 is 17.4 Å². The SMILES string of the molecule is CC(C)c1ccc(N2C(=O)CC(c3ccco3)C3=C2CC(C)(C)CC3=O)cc1. The van der Waals surface area contributed by atoms with Crippen LogP contribution in [0.3, 0.4) is 0 Å². The first-order valence-electron chi connectivity index (χ1n) is 9.99. The standard InChI is InChI=1S/C24H27NO3/c1-15(2)16-7-9-17(10-8-16)25-19-13-24(3,4)14-20(26)23(19)18(12-22(25)27)21-6-5-11-28-21/h5-11,15,18H,12-14H2,1-4H3. The summed E-state index contributed by atoms with van der Waals surface area (Å²) in [6, 6.07) is 11.8. The van der Waals surface area contributed by atoms with E-state index < -0.39 is 0 Å². The summed E-state index contributed by atoms with van der Waals surface area (Å²) in [5.41, 5.74) is 3.50. The molecule has 1 aromatic carbocycles. The van der Waals surface area contributed by atoms with Gasteiger partial charge >= 0.3 is 0 Å². The first kappa shape index (κ1) is 18.7. The largest absolute Gasteiger partial charge is 0.469 e. The molecule has 0 N–H and O–H groups in total. The molecule has 0 saturated heterocycles. The highest BCUT2D eigenvalue weighted by Gasteiger charge is 2.45. The van der Waals surface area contributed by atoms with Gasteiger partial charge in [0, 0.05) is 29.8 Å². The Morgan fingerprint density at radius 3 is 2.39 bits per heavy atom. The van der Waals surface area contributed by atoms with E-state index in [0.717, 1.165) is 17.0 Å². The highest BCUT2D eigenvalue weighted by atomic mass is 16.3. The number of furan rings is 1. The molecule has 1 aromatic heterocycles. The van der Waals surface area contributed by atoms with Crippen LogP contribution in [-0.2, 0) is 9.59 Å². The van der Waals surface area contributed by atoms with E-state index in [4.69, 9.17) is 4.42 Å². The monoisotopic (exact) mass is 377 g/mol. The van der Waals surface area contributed by atoms with Crippen molar-refractivity contribution in [2.75, 3.05) is 4.90 Å². The highest BCUT2D eigenvalue weighted by Crippen LogP contribution is 2.48. The molecule has 4 rings (SSSR count). The van der Waals surface area contributed by atoms with Gasteiger partial charge in [-0.3, -0.25) is 14.5 Å². The van der Waals surface area contributed by atoms with Gasteiger partial charge in [-0.1, -0.05) is 39.8 Å². The van der Waals surface area contributed by atoms with E-state index in [2.05, 4.69) is 39.8 Å². The number of amides is 1. The van der Waals surface area contributed by atoms with E-state index in [1.165, 1.54) is 5.56 Å². The number of hydrogen-bond donors (Lipinski definition) is 0. The summed E-state index contributed by atoms with van der Waals surface area (Å²) in [5.74, 6) is 0.988. The molecule has 0 saturated carbocycles. The van der Waals surface area contributed by atoms with Gasteiger partial charge in [-0.2, -0.15) is 0 Å². The third kappa shape index (κ3) is 3.21. The second kappa shape index (κ2) is 6.77. The number of nitrogens with zero attached hydrogens (tertiary/aromatic N) is 1. The highest BCUT2D eigenvalue weighted by molar-refractivity contribution is 6.07. The number of carbonyl (C=O) groups excluding carboxylic acids is 2. The van der Waals surface area contributed by atoms with Crippen molar-refractivity contribution < 1.29 is 14.0 Å². The van der Waals surface area contributed by atoms with Gasteiger partial charge in [0.05, 0.1) is 12.2 Å². The molecule has 1 atom stereocenters. The van der Waals surface area contributed by atoms with Crippen LogP contribution >= 0.6 is 0 Å². The lowest BCUT2D eigenvalue weighted by molar-refractivity contribution is -0.121. The minimum atomic E-state index is -0.285. The van der Waals surface area contributed by atoms with E-state index in [0.29, 0.717) is 24.5 Å². The number of hydrogen-bond acceptors (Lipinski definition) is 3. The van der Waals surface area contributed by atoms with Gasteiger partial charge in [0.25, 0.3) is 0 Å². The van der Waals surface area contributed by atoms with E-state index in [9.17, 15) is 9.59 Å². The number of rotatable bonds is 3. The van der Waals surface area contributed by atoms with E-state index in [1.807, 2.05) is 24.3 Å². The molecular weight excluding hydrogens is 350 g/mol. The molecule has 1 aliphatic carbocycles. The zero-order valence-electron chi connectivity index (χ0n) is 17.0. The molecule has 4 nitrogen and oxygen atoms in total. The van der Waals surface area contributed by atoms with Crippen molar-refractivity contribution in [1.29, 1.82) is 0 Å². The smallest absolute Gasteiger partial charge is 0.232 e. The predicted molar refractivity (Wildman–Crippen MR) is 109 cm³/mol. The van der Waals surface area contributed by atoms with Gasteiger partial charge in [0.15, 0.2) is 5.78 Å². The van der Waals surface area contributed by atoms with Crippen molar-refractivity contribution in [1.82, 2.24) is 0 Å². The summed E-state index contributed by atoms with van der Waals surface area (Å²) in [4.78, 5) is 28.1. The van der Waals surface area contributed by atoms with Crippen molar-refractivity contribution in [2.45, 2.75) is 58.8 Å². The first-order valence-corrected chi connectivity index (χ1v) is 9.99. The lowest BCUT2D eigenvalue weighted by Crippen LogP contribution is -2.43. The van der Waals surface area contributed by atoms with Gasteiger partial charge < -0.3 is 4.42 Å². The Morgan fingerprint density at radius 1 is 1.07 bits per heavy atom. The molecule has 0 bridgehead atoms. The van der Waals surface area contributed by atoms with Gasteiger partial charge in [-0.25, -0.2) is 0 Å². The maximum atomic E-state index is 13.2. The molecule has 2 aliphatic rings. The lowest BCUT2D eigenvalue weighted by Gasteiger charge is -2.42. The molecule has 2 aromatic rings. The molecule has 0 radical (unpaired) electrons. The van der Waals surface area contributed by atoms with Crippen molar-refractivity contribution in [3.63, 3.8) is 0 Å². The Morgan fingerprint density at radius 2 is 1.79 bits per heavy atom. The van der Waals surface area contributed by atoms with Crippen LogP contribution < -0.4 is 4.90 Å². The maximum absolute atomic E-state index is 13.2. The van der Waals surface area contributed by atoms with Gasteiger partial charge in [-0.15, -0.1) is 0 Å². The van der Waals surface area contributed by atoms with Crippen LogP contribution in [0.1, 0.15) is 70.1 Å². The van der Waals surface area contributed by atoms with Crippen LogP contribution in [0.5, 0.6) is 0 Å². The fraction of sp³-hybridized carbons (Fsp3) is 0.417. The van der Waals surface area contributed by atoms with Crippen LogP contribution in [0.4, 0.5) is 5.69 Å². The Hall–Kier alpha value is -2.62. The minimum Gasteiger partial charge on any atom is -0.469 e. The molecule has 146 valence electrons. The van der Waals surface area contributed by atoms with E-state index >= 15 is 0 Å². The zero-order valence-corrected chi connectivity index (χ0v) is 17.0. The average Bonchev–Trinajstić information content (AvgIpc) is 3.14. The maximum Gasteiger partial charge on any atom is 0.232 e. The first-order chi connectivity index (χ1) is 13.3. The second-order valence-corrected chi connectivity index (χ2v) is 9.05. The van der Waals surface area contributed by atoms with Crippen molar-refractivity contribution in [2.24, 2.45) is 5.41 Å². The number of Topliss-reactive ketones (excluding diaryl/α,β-unsaturated/α-hetero) is 1. The Labute approximate surface area is 166 Å². The number of anilines is 1. The molecule has 1 aliphatic heterocycles. The summed E-state index contributed by atoms with van der Waals surface area (Å²) >= 11 is 0. The Kier molecular flexibility index (Phi) is 4.53. The van der Waals surface area contributed by atoms with Crippen LogP contribution in [0.2, 0.25) is 0 Å². The van der Waals surface area contributed by atoms with Gasteiger partial charge in [-0.05, 0) is 47.6 Å². The normalized spacial score (nSPS) is 22.0. The van der Waals surface area contributed by atoms with Gasteiger partial charge in [0.1, 0.15) is 5.76 Å². The molecule has 1 amide bonds. The summed E-state index contributed by atoms with van der Waals surface area (Å²) in [6.45, 7) is 8.49. The summed E-state index contributed by atoms with van der Waals surface area (Å²) in [7, 11) is 0. The van der Waals surface area contributed by atoms with Gasteiger partial charge in [0.2, 0.25) is 5.91 Å². The Balaban J connectivity index is 1.84. The quantitative estimate of drug-likeness (QED) is 0.703. The minimum absolute atomic E-state index is 0.0166. The summed E-state index contributed by atoms with van der Waals surface area (Å²) in [6.07, 6.45) is 3.05. The topological polar surface area (TPSA) is 50.5 Å². The number of allylic oxidation sites excluding steroid dienone is 2. The number of benzene rings is 1. The Bertz CT molecular complexity index is 933. The number of carbonyl (C=O) groups is 2. The summed E-state index contributed by atoms with van der Waals surface area (Å²) < 4.78 is 5.60. The average molecular weight is 377 g/mol. The van der Waals surface area contributed by atoms with Crippen LogP contribution in [0, 0.1) is 5.41 Å². The number of ketones is 1. The van der Waals surface area contributed by atoms with Crippen LogP contribution in [-0.4, -0.2) is 11.7 Å². The summed E-state index contributed by atoms with van der Waals surface area (Å²) in [5, 5.41) is 0. The molecule has 1 unspecified atom stereocenters. The van der Waals surface area contributed by atoms with E-state index in [1.54, 1.807) is 11.2 Å². The van der Waals surface area contributed by atoms with Crippen molar-refractivity contribution in [3.05, 3.63) is 65.3 Å². The third-order valence-electron chi connectivity index (χ3n) is 5.85. The fourth-order valence-electron chi connectivity index (χ4n) is 4.46. The fourth-order valence-corrected chi connectivity index (χ4v) is 4.46. The molecule has 4 heteroatoms. The second-order valence-electron chi connectivity index (χ2n) is 9.05. The molecule has 2 heterocycles. The zero-order chi connectivity index (χ0) is 20.1.